The highest BCUT2D eigenvalue weighted by Crippen LogP contribution is 2.21. The maximum atomic E-state index is 11.4. The largest absolute Gasteiger partial charge is 0.381 e. The molecule has 3 nitrogen and oxygen atoms in total. The predicted octanol–water partition coefficient (Wildman–Crippen LogP) is 1.93. The van der Waals surface area contributed by atoms with E-state index in [1.807, 2.05) is 25.1 Å². The van der Waals surface area contributed by atoms with Crippen molar-refractivity contribution in [2.24, 2.45) is 0 Å². The average Bonchev–Trinajstić information content (AvgIpc) is 1.99. The molecule has 1 rings (SSSR count). The van der Waals surface area contributed by atoms with Crippen molar-refractivity contribution in [3.63, 3.8) is 0 Å². The van der Waals surface area contributed by atoms with E-state index < -0.39 is 9.84 Å². The van der Waals surface area contributed by atoms with Gasteiger partial charge in [0.25, 0.3) is 0 Å². The van der Waals surface area contributed by atoms with Crippen molar-refractivity contribution < 1.29 is 8.42 Å². The quantitative estimate of drug-likeness (QED) is 0.726. The summed E-state index contributed by atoms with van der Waals surface area (Å²) in [5.74, 6) is 0. The molecule has 0 bridgehead atoms. The Morgan fingerprint density at radius 3 is 2.27 bits per heavy atom. The van der Waals surface area contributed by atoms with Gasteiger partial charge in [-0.15, -0.1) is 0 Å². The van der Waals surface area contributed by atoms with Gasteiger partial charge in [0.2, 0.25) is 0 Å². The Balaban J connectivity index is 2.99. The van der Waals surface area contributed by atoms with Gasteiger partial charge in [-0.1, -0.05) is 0 Å². The highest BCUT2D eigenvalue weighted by molar-refractivity contribution is 7.94. The van der Waals surface area contributed by atoms with Crippen molar-refractivity contribution in [2.75, 3.05) is 20.4 Å². The van der Waals surface area contributed by atoms with Crippen LogP contribution in [0.5, 0.6) is 0 Å². The van der Waals surface area contributed by atoms with Crippen molar-refractivity contribution in [1.29, 1.82) is 0 Å². The third kappa shape index (κ3) is 3.70. The van der Waals surface area contributed by atoms with Crippen LogP contribution in [0.3, 0.4) is 0 Å². The summed E-state index contributed by atoms with van der Waals surface area (Å²) in [6, 6.07) is 0. The summed E-state index contributed by atoms with van der Waals surface area (Å²) in [5.41, 5.74) is 1.19. The molecule has 0 atom stereocenters. The fraction of sp³-hybridized carbons (Fsp3) is 0.636. The molecule has 86 valence electrons. The molecule has 0 amide bonds. The average molecular weight is 229 g/mol. The Labute approximate surface area is 92.4 Å². The first-order valence-corrected chi connectivity index (χ1v) is 7.07. The number of allylic oxidation sites excluding steroid dienone is 4. The molecule has 0 spiro atoms. The molecule has 1 aliphatic carbocycles. The number of hydrogen-bond donors (Lipinski definition) is 0. The van der Waals surface area contributed by atoms with Gasteiger partial charge in [0.05, 0.1) is 0 Å². The molecule has 0 fully saturated rings. The lowest BCUT2D eigenvalue weighted by molar-refractivity contribution is 0.475. The lowest BCUT2D eigenvalue weighted by Crippen LogP contribution is -2.12. The molecule has 0 aromatic heterocycles. The van der Waals surface area contributed by atoms with Gasteiger partial charge >= 0.3 is 0 Å². The first kappa shape index (κ1) is 12.3. The molecular weight excluding hydrogens is 210 g/mol. The van der Waals surface area contributed by atoms with Crippen LogP contribution in [0.1, 0.15) is 25.7 Å². The van der Waals surface area contributed by atoms with E-state index in [4.69, 9.17) is 0 Å². The van der Waals surface area contributed by atoms with Crippen molar-refractivity contribution in [1.82, 2.24) is 4.90 Å². The van der Waals surface area contributed by atoms with E-state index in [1.54, 1.807) is 6.08 Å². The summed E-state index contributed by atoms with van der Waals surface area (Å²) in [5, 5.41) is 0. The van der Waals surface area contributed by atoms with Crippen LogP contribution in [0, 0.1) is 0 Å². The molecule has 0 N–H and O–H groups in total. The van der Waals surface area contributed by atoms with E-state index in [-0.39, 0.29) is 0 Å². The summed E-state index contributed by atoms with van der Waals surface area (Å²) in [7, 11) is 0.958. The summed E-state index contributed by atoms with van der Waals surface area (Å²) >= 11 is 0. The van der Waals surface area contributed by atoms with Gasteiger partial charge in [-0.05, 0) is 37.8 Å². The summed E-state index contributed by atoms with van der Waals surface area (Å²) in [6.07, 6.45) is 8.67. The molecule has 0 heterocycles. The van der Waals surface area contributed by atoms with Gasteiger partial charge in [-0.2, -0.15) is 0 Å². The molecule has 0 saturated heterocycles. The monoisotopic (exact) mass is 229 g/mol. The molecule has 0 unspecified atom stereocenters. The second-order valence-electron chi connectivity index (χ2n) is 4.16. The van der Waals surface area contributed by atoms with E-state index >= 15 is 0 Å². The van der Waals surface area contributed by atoms with E-state index in [1.165, 1.54) is 12.0 Å². The fourth-order valence-corrected chi connectivity index (χ4v) is 2.47. The van der Waals surface area contributed by atoms with Crippen LogP contribution in [-0.2, 0) is 9.84 Å². The molecule has 4 heteroatoms. The maximum Gasteiger partial charge on any atom is 0.171 e. The maximum absolute atomic E-state index is 11.4. The lowest BCUT2D eigenvalue weighted by Gasteiger charge is -2.18. The highest BCUT2D eigenvalue weighted by Gasteiger charge is 2.12. The van der Waals surface area contributed by atoms with E-state index in [0.29, 0.717) is 11.3 Å². The molecule has 15 heavy (non-hydrogen) atoms. The van der Waals surface area contributed by atoms with Crippen LogP contribution in [0.2, 0.25) is 0 Å². The minimum atomic E-state index is -3.02. The smallest absolute Gasteiger partial charge is 0.171 e. The van der Waals surface area contributed by atoms with Gasteiger partial charge in [0.1, 0.15) is 0 Å². The zero-order chi connectivity index (χ0) is 11.5. The van der Waals surface area contributed by atoms with Gasteiger partial charge < -0.3 is 4.90 Å². The van der Waals surface area contributed by atoms with E-state index in [0.717, 1.165) is 19.3 Å². The zero-order valence-electron chi connectivity index (χ0n) is 9.66. The normalized spacial score (nSPS) is 25.5. The van der Waals surface area contributed by atoms with Gasteiger partial charge in [0, 0.05) is 31.0 Å². The number of nitrogens with zero attached hydrogens (tertiary/aromatic N) is 1. The molecule has 0 saturated carbocycles. The van der Waals surface area contributed by atoms with Crippen molar-refractivity contribution >= 4 is 9.84 Å². The molecule has 0 aliphatic heterocycles. The minimum absolute atomic E-state index is 0.557. The highest BCUT2D eigenvalue weighted by atomic mass is 32.2. The summed E-state index contributed by atoms with van der Waals surface area (Å²) in [4.78, 5) is 2.60. The molecule has 0 aromatic carbocycles. The van der Waals surface area contributed by atoms with Crippen LogP contribution >= 0.6 is 0 Å². The van der Waals surface area contributed by atoms with E-state index in [9.17, 15) is 8.42 Å². The number of sulfone groups is 1. The summed E-state index contributed by atoms with van der Waals surface area (Å²) < 4.78 is 22.8. The van der Waals surface area contributed by atoms with Crippen LogP contribution in [0.15, 0.2) is 22.8 Å². The summed E-state index contributed by atoms with van der Waals surface area (Å²) in [6.45, 7) is 0. The van der Waals surface area contributed by atoms with Crippen LogP contribution in [-0.4, -0.2) is 33.7 Å². The molecule has 0 radical (unpaired) electrons. The first-order chi connectivity index (χ1) is 6.91. The van der Waals surface area contributed by atoms with Crippen molar-refractivity contribution in [3.05, 3.63) is 22.8 Å². The molecule has 0 aromatic rings. The number of rotatable bonds is 2. The lowest BCUT2D eigenvalue weighted by atomic mass is 10.1. The van der Waals surface area contributed by atoms with Gasteiger partial charge in [0.15, 0.2) is 9.84 Å². The van der Waals surface area contributed by atoms with Gasteiger partial charge in [-0.25, -0.2) is 8.42 Å². The van der Waals surface area contributed by atoms with Crippen LogP contribution in [0.4, 0.5) is 0 Å². The topological polar surface area (TPSA) is 37.4 Å². The van der Waals surface area contributed by atoms with Gasteiger partial charge in [-0.3, -0.25) is 0 Å². The second-order valence-corrected chi connectivity index (χ2v) is 6.23. The molecular formula is C11H19NO2S. The van der Waals surface area contributed by atoms with Crippen LogP contribution in [0.25, 0.3) is 0 Å². The van der Waals surface area contributed by atoms with Crippen molar-refractivity contribution in [2.45, 2.75) is 25.7 Å². The Morgan fingerprint density at radius 1 is 1.13 bits per heavy atom. The second kappa shape index (κ2) is 4.84. The standard InChI is InChI=1S/C11H19NO2S/c1-12(2)10-6-4-5-7-11(9-8-10)15(3,13)14/h8-9H,4-7H2,1-3H3/b10-8+,11-9+. The Hall–Kier alpha value is -0.770. The zero-order valence-corrected chi connectivity index (χ0v) is 10.5. The van der Waals surface area contributed by atoms with E-state index in [2.05, 4.69) is 0 Å². The Morgan fingerprint density at radius 2 is 1.73 bits per heavy atom. The predicted molar refractivity (Wildman–Crippen MR) is 63.2 cm³/mol. The first-order valence-electron chi connectivity index (χ1n) is 5.18. The third-order valence-corrected chi connectivity index (χ3v) is 3.91. The Bertz CT molecular complexity index is 377. The fourth-order valence-electron chi connectivity index (χ4n) is 1.64. The SMILES string of the molecule is CN(C)/C1=C/C=C(/S(C)(=O)=O)CCCC1. The molecule has 1 aliphatic rings. The third-order valence-electron chi connectivity index (χ3n) is 2.62. The Kier molecular flexibility index (Phi) is 3.97. The number of hydrogen-bond acceptors (Lipinski definition) is 3. The van der Waals surface area contributed by atoms with Crippen LogP contribution < -0.4 is 0 Å². The minimum Gasteiger partial charge on any atom is -0.381 e. The van der Waals surface area contributed by atoms with Crippen molar-refractivity contribution in [3.8, 4) is 0 Å².